The van der Waals surface area contributed by atoms with Gasteiger partial charge in [-0.15, -0.1) is 18.2 Å². The monoisotopic (exact) mass is 1430 g/mol. The van der Waals surface area contributed by atoms with Gasteiger partial charge in [0, 0.05) is 19.8 Å². The third-order valence-corrected chi connectivity index (χ3v) is 22.7. The van der Waals surface area contributed by atoms with Gasteiger partial charge in [-0.05, 0) is 142 Å². The molecule has 16 rings (SSSR count). The topological polar surface area (TPSA) is 26.8 Å². The molecular weight excluding hydrogens is 1350 g/mol. The molecule has 0 fully saturated rings. The molecule has 7 heteroatoms. The second-order valence-electron chi connectivity index (χ2n) is 26.0. The summed E-state index contributed by atoms with van der Waals surface area (Å²) >= 11 is 0. The Morgan fingerprint density at radius 1 is 0.495 bits per heavy atom. The fourth-order valence-electron chi connectivity index (χ4n) is 13.8. The average molecular weight is 1430 g/mol. The van der Waals surface area contributed by atoms with Crippen molar-refractivity contribution >= 4 is 61.7 Å². The summed E-state index contributed by atoms with van der Waals surface area (Å²) < 4.78 is 129. The molecular formula is C88H70N4OPtSi+2. The van der Waals surface area contributed by atoms with Crippen LogP contribution in [0.4, 0.5) is 0 Å². The number of hydrogen-bond acceptors (Lipinski definition) is 1. The molecule has 0 amide bonds. The molecule has 0 aliphatic carbocycles. The third kappa shape index (κ3) is 10.8. The molecule has 0 bridgehead atoms. The number of aromatic nitrogens is 4. The fraction of sp³-hybridized carbons (Fsp3) is 0.102. The first-order valence-corrected chi connectivity index (χ1v) is 33.5. The van der Waals surface area contributed by atoms with Gasteiger partial charge in [0.2, 0.25) is 0 Å². The molecule has 0 spiro atoms. The number of nitrogens with zero attached hydrogens (tertiary/aromatic N) is 4. The van der Waals surface area contributed by atoms with Crippen LogP contribution < -0.4 is 34.6 Å². The molecule has 0 unspecified atom stereocenters. The van der Waals surface area contributed by atoms with Crippen LogP contribution in [0.25, 0.3) is 106 Å². The molecule has 95 heavy (non-hydrogen) atoms. The zero-order valence-electron chi connectivity index (χ0n) is 65.2. The van der Waals surface area contributed by atoms with Crippen LogP contribution in [0.3, 0.4) is 0 Å². The van der Waals surface area contributed by atoms with Crippen molar-refractivity contribution in [2.75, 3.05) is 0 Å². The molecule has 0 saturated heterocycles. The Balaban J connectivity index is 0.00000915. The first kappa shape index (κ1) is 48.4. The van der Waals surface area contributed by atoms with Crippen LogP contribution >= 0.6 is 0 Å². The molecule has 5 nitrogen and oxygen atoms in total. The van der Waals surface area contributed by atoms with E-state index in [0.717, 1.165) is 53.9 Å². The summed E-state index contributed by atoms with van der Waals surface area (Å²) in [4.78, 5) is 0. The van der Waals surface area contributed by atoms with Crippen LogP contribution in [-0.4, -0.2) is 17.2 Å². The first-order valence-electron chi connectivity index (χ1n) is 37.5. The summed E-state index contributed by atoms with van der Waals surface area (Å²) in [5.74, 6) is 1.46. The quantitative estimate of drug-likeness (QED) is 0.0549. The number of hydrogen-bond donors (Lipinski definition) is 0. The number of fused-ring (bicyclic) bond motifs is 10. The van der Waals surface area contributed by atoms with Gasteiger partial charge in [-0.25, -0.2) is 0 Å². The maximum atomic E-state index is 10.3. The van der Waals surface area contributed by atoms with E-state index >= 15 is 0 Å². The van der Waals surface area contributed by atoms with E-state index in [2.05, 4.69) is 166 Å². The minimum absolute atomic E-state index is 0. The summed E-state index contributed by atoms with van der Waals surface area (Å²) in [6.45, 7) is 12.0. The number of pyridine rings is 1. The predicted octanol–water partition coefficient (Wildman–Crippen LogP) is 18.0. The van der Waals surface area contributed by atoms with E-state index in [4.69, 9.17) is 10.2 Å². The number of imidazole rings is 1. The molecule has 12 aromatic carbocycles. The Kier molecular flexibility index (Phi) is 12.3. The van der Waals surface area contributed by atoms with Crippen molar-refractivity contribution < 1.29 is 51.4 Å². The zero-order valence-corrected chi connectivity index (χ0v) is 56.4. The average Bonchev–Trinajstić information content (AvgIpc) is 1.61. The zero-order chi connectivity index (χ0) is 74.4. The Morgan fingerprint density at radius 3 is 1.76 bits per heavy atom. The van der Waals surface area contributed by atoms with Crippen molar-refractivity contribution in [1.29, 1.82) is 0 Å². The van der Waals surface area contributed by atoms with Crippen molar-refractivity contribution in [3.63, 3.8) is 0 Å². The molecule has 0 N–H and O–H groups in total. The van der Waals surface area contributed by atoms with Crippen molar-refractivity contribution in [1.82, 2.24) is 9.13 Å². The van der Waals surface area contributed by atoms with Crippen molar-refractivity contribution in [2.45, 2.75) is 53.3 Å². The second kappa shape index (κ2) is 24.2. The summed E-state index contributed by atoms with van der Waals surface area (Å²) in [6, 6.07) is 76.4. The smallest absolute Gasteiger partial charge is 0.510 e. The van der Waals surface area contributed by atoms with Gasteiger partial charge in [-0.2, -0.15) is 18.2 Å². The summed E-state index contributed by atoms with van der Waals surface area (Å²) in [7, 11) is 0.976. The first-order chi connectivity index (χ1) is 50.7. The van der Waals surface area contributed by atoms with Gasteiger partial charge < -0.3 is 13.9 Å². The van der Waals surface area contributed by atoms with Crippen molar-refractivity contribution in [3.8, 4) is 84.3 Å². The normalized spacial score (nSPS) is 14.0. The van der Waals surface area contributed by atoms with Crippen LogP contribution in [0.5, 0.6) is 11.5 Å². The molecule has 3 aromatic heterocycles. The van der Waals surface area contributed by atoms with Crippen LogP contribution in [0.1, 0.15) is 69.1 Å². The molecule has 0 atom stereocenters. The van der Waals surface area contributed by atoms with Gasteiger partial charge in [-0.1, -0.05) is 295 Å². The van der Waals surface area contributed by atoms with Crippen LogP contribution in [0, 0.1) is 30.9 Å². The molecule has 15 aromatic rings. The van der Waals surface area contributed by atoms with E-state index in [0.29, 0.717) is 55.9 Å². The maximum absolute atomic E-state index is 10.3. The van der Waals surface area contributed by atoms with Gasteiger partial charge >= 0.3 is 21.1 Å². The van der Waals surface area contributed by atoms with Crippen LogP contribution in [-0.2, 0) is 32.9 Å². The summed E-state index contributed by atoms with van der Waals surface area (Å²) in [5.41, 5.74) is 6.84. The number of para-hydroxylation sites is 1. The van der Waals surface area contributed by atoms with E-state index in [1.807, 2.05) is 127 Å². The largest absolute Gasteiger partial charge is 4.00 e. The minimum atomic E-state index is -3.44. The van der Waals surface area contributed by atoms with Crippen molar-refractivity contribution in [3.05, 3.63) is 328 Å². The van der Waals surface area contributed by atoms with E-state index < -0.39 is 80.3 Å². The Morgan fingerprint density at radius 2 is 1.09 bits per heavy atom. The summed E-state index contributed by atoms with van der Waals surface area (Å²) in [6.07, 6.45) is 3.57. The number of ether oxygens (including phenoxy) is 1. The van der Waals surface area contributed by atoms with Gasteiger partial charge in [0.15, 0.2) is 13.9 Å². The van der Waals surface area contributed by atoms with E-state index in [1.54, 1.807) is 22.8 Å². The molecule has 0 radical (unpaired) electrons. The minimum Gasteiger partial charge on any atom is -0.510 e. The third-order valence-electron chi connectivity index (χ3n) is 17.9. The van der Waals surface area contributed by atoms with Gasteiger partial charge in [0.05, 0.1) is 30.4 Å². The number of rotatable bonds is 11. The van der Waals surface area contributed by atoms with Crippen LogP contribution in [0.2, 0.25) is 0 Å². The predicted molar refractivity (Wildman–Crippen MR) is 389 cm³/mol. The van der Waals surface area contributed by atoms with Crippen molar-refractivity contribution in [2.24, 2.45) is 5.41 Å². The second-order valence-corrected chi connectivity index (χ2v) is 29.9. The molecule has 1 aliphatic rings. The molecule has 460 valence electrons. The Labute approximate surface area is 589 Å². The van der Waals surface area contributed by atoms with Crippen LogP contribution in [0.15, 0.2) is 291 Å². The Hall–Kier alpha value is -10.4. The standard InChI is InChI=1S/C88H70N4OSi.Pt/c1-87(2,3)58-60-50-77(62-30-15-9-16-31-62)85-79(51-60)78-57-71(94(68-34-17-10-18-35-68,69-36-19-11-20-37-69)70-38-21-12-22-39-70)45-47-74(78)72-40-23-24-41-73(72)80-52-63(61-28-13-8-14-29-61)53-83-86(80)91(85)59-90(83)65-32-27-33-66(55-65)93-67-44-46-76-75-42-25-26-43-81(75)92(82(76)56-67)84-54-64(88(4,5)6)48-49-89(84)7;/h8-54,57H,7,58H2,1-6H3;/q-2;+4/i8D,9D,13D,14D,15D,16D,28D,29D,30D,31D,58D2;. The molecule has 1 aliphatic heterocycles. The van der Waals surface area contributed by atoms with Gasteiger partial charge in [0.1, 0.15) is 5.52 Å². The van der Waals surface area contributed by atoms with E-state index in [9.17, 15) is 11.0 Å². The fourth-order valence-corrected chi connectivity index (χ4v) is 18.6. The Bertz CT molecular complexity index is 6000. The van der Waals surface area contributed by atoms with Gasteiger partial charge in [-0.3, -0.25) is 9.13 Å². The molecule has 4 heterocycles. The van der Waals surface area contributed by atoms with E-state index in [-0.39, 0.29) is 65.7 Å². The van der Waals surface area contributed by atoms with E-state index in [1.165, 1.54) is 0 Å². The van der Waals surface area contributed by atoms with Gasteiger partial charge in [0.25, 0.3) is 6.33 Å². The maximum Gasteiger partial charge on any atom is 4.00 e. The molecule has 0 saturated carbocycles. The summed E-state index contributed by atoms with van der Waals surface area (Å²) in [5, 5.41) is 6.15. The SMILES string of the molecule is [2H]c1c([2H])c([2H])c(-c2cc3c4c(c2)n(-c2[c-]c(Oc5[c-]c6c(cc5)c5ccccc5n6-c5cc(C(C)(C)C)cc[n+]5[CH2-])ccc2)[c-][n+]4-c2c(cc(C([2H])([2H])C(C)(C)C)cc2-c2c([2H])c([2H])c([2H])c([2H])c2[2H])-c2cc([Si](c4ccccc4)(c4ccccc4)c4ccccc4)ccc2-c2ccccc2-3)c([2H])c1[2H].[Pt+4]. The number of benzene rings is 12.